The number of ether oxygens (including phenoxy) is 1. The Morgan fingerprint density at radius 2 is 1.59 bits per heavy atom. The molecule has 5 heteroatoms. The third-order valence-corrected chi connectivity index (χ3v) is 5.04. The average Bonchev–Trinajstić information content (AvgIpc) is 2.51. The Morgan fingerprint density at radius 1 is 0.955 bits per heavy atom. The molecule has 0 fully saturated rings. The second-order valence-corrected chi connectivity index (χ2v) is 6.98. The number of sulfonamides is 1. The Morgan fingerprint density at radius 3 is 2.27 bits per heavy atom. The maximum Gasteiger partial charge on any atom is 0.240 e. The van der Waals surface area contributed by atoms with Gasteiger partial charge in [0.25, 0.3) is 0 Å². The van der Waals surface area contributed by atoms with E-state index in [0.717, 1.165) is 22.4 Å². The topological polar surface area (TPSA) is 55.4 Å². The van der Waals surface area contributed by atoms with Crippen LogP contribution in [0.1, 0.15) is 16.7 Å². The fourth-order valence-corrected chi connectivity index (χ4v) is 3.19. The van der Waals surface area contributed by atoms with Crippen LogP contribution in [0.5, 0.6) is 5.75 Å². The Hall–Kier alpha value is -1.85. The number of hydrogen-bond donors (Lipinski definition) is 1. The lowest BCUT2D eigenvalue weighted by Gasteiger charge is -2.14. The summed E-state index contributed by atoms with van der Waals surface area (Å²) in [6.07, 6.45) is 0. The van der Waals surface area contributed by atoms with Gasteiger partial charge in [0.05, 0.1) is 4.90 Å². The molecule has 0 saturated carbocycles. The smallest absolute Gasteiger partial charge is 0.240 e. The first-order valence-electron chi connectivity index (χ1n) is 7.16. The number of rotatable bonds is 6. The molecule has 0 unspecified atom stereocenters. The van der Waals surface area contributed by atoms with Crippen molar-refractivity contribution in [3.8, 4) is 5.75 Å². The van der Waals surface area contributed by atoms with E-state index in [1.807, 2.05) is 26.8 Å². The van der Waals surface area contributed by atoms with Crippen LogP contribution in [0, 0.1) is 20.8 Å². The zero-order valence-electron chi connectivity index (χ0n) is 13.1. The monoisotopic (exact) mass is 319 g/mol. The van der Waals surface area contributed by atoms with Gasteiger partial charge < -0.3 is 4.74 Å². The predicted octanol–water partition coefficient (Wildman–Crippen LogP) is 2.97. The molecule has 22 heavy (non-hydrogen) atoms. The fourth-order valence-electron chi connectivity index (χ4n) is 2.16. The van der Waals surface area contributed by atoms with Gasteiger partial charge in [-0.2, -0.15) is 0 Å². The van der Waals surface area contributed by atoms with Crippen LogP contribution in [0.4, 0.5) is 0 Å². The van der Waals surface area contributed by atoms with Crippen molar-refractivity contribution < 1.29 is 13.2 Å². The van der Waals surface area contributed by atoms with Crippen molar-refractivity contribution in [2.75, 3.05) is 13.2 Å². The first kappa shape index (κ1) is 16.5. The SMILES string of the molecule is Cc1ccc(C)c(OCCNS(=O)(=O)c2ccccc2)c1C. The van der Waals surface area contributed by atoms with E-state index < -0.39 is 10.0 Å². The van der Waals surface area contributed by atoms with Crippen LogP contribution in [0.25, 0.3) is 0 Å². The summed E-state index contributed by atoms with van der Waals surface area (Å²) in [5.74, 6) is 0.832. The third kappa shape index (κ3) is 3.87. The van der Waals surface area contributed by atoms with Crippen LogP contribution in [0.2, 0.25) is 0 Å². The average molecular weight is 319 g/mol. The maximum atomic E-state index is 12.1. The van der Waals surface area contributed by atoms with E-state index in [1.165, 1.54) is 0 Å². The highest BCUT2D eigenvalue weighted by molar-refractivity contribution is 7.89. The molecule has 0 radical (unpaired) electrons. The molecule has 0 atom stereocenters. The van der Waals surface area contributed by atoms with Gasteiger partial charge in [0.15, 0.2) is 0 Å². The number of aryl methyl sites for hydroxylation is 2. The van der Waals surface area contributed by atoms with E-state index in [4.69, 9.17) is 4.74 Å². The van der Waals surface area contributed by atoms with Gasteiger partial charge in [-0.15, -0.1) is 0 Å². The van der Waals surface area contributed by atoms with Gasteiger partial charge in [-0.25, -0.2) is 13.1 Å². The van der Waals surface area contributed by atoms with Gasteiger partial charge in [0, 0.05) is 6.54 Å². The lowest BCUT2D eigenvalue weighted by molar-refractivity contribution is 0.318. The van der Waals surface area contributed by atoms with Crippen LogP contribution < -0.4 is 9.46 Å². The Bertz CT molecular complexity index is 740. The number of hydrogen-bond acceptors (Lipinski definition) is 3. The van der Waals surface area contributed by atoms with Gasteiger partial charge in [0.1, 0.15) is 12.4 Å². The van der Waals surface area contributed by atoms with E-state index in [-0.39, 0.29) is 18.0 Å². The molecular formula is C17H21NO3S. The van der Waals surface area contributed by atoms with Crippen LogP contribution in [0.3, 0.4) is 0 Å². The van der Waals surface area contributed by atoms with Crippen molar-refractivity contribution in [1.82, 2.24) is 4.72 Å². The first-order chi connectivity index (χ1) is 10.4. The molecule has 0 heterocycles. The predicted molar refractivity (Wildman–Crippen MR) is 87.8 cm³/mol. The highest BCUT2D eigenvalue weighted by atomic mass is 32.2. The molecule has 4 nitrogen and oxygen atoms in total. The van der Waals surface area contributed by atoms with E-state index in [1.54, 1.807) is 30.3 Å². The normalized spacial score (nSPS) is 11.4. The summed E-state index contributed by atoms with van der Waals surface area (Å²) in [5.41, 5.74) is 3.30. The number of nitrogens with one attached hydrogen (secondary N) is 1. The molecule has 2 aromatic rings. The molecule has 2 rings (SSSR count). The molecule has 2 aromatic carbocycles. The Balaban J connectivity index is 1.95. The van der Waals surface area contributed by atoms with Gasteiger partial charge in [-0.1, -0.05) is 30.3 Å². The van der Waals surface area contributed by atoms with Crippen molar-refractivity contribution in [3.05, 3.63) is 59.2 Å². The largest absolute Gasteiger partial charge is 0.492 e. The number of benzene rings is 2. The molecule has 0 aliphatic heterocycles. The van der Waals surface area contributed by atoms with Crippen LogP contribution in [0.15, 0.2) is 47.4 Å². The van der Waals surface area contributed by atoms with Crippen LogP contribution in [-0.4, -0.2) is 21.6 Å². The first-order valence-corrected chi connectivity index (χ1v) is 8.64. The van der Waals surface area contributed by atoms with Crippen LogP contribution in [-0.2, 0) is 10.0 Å². The van der Waals surface area contributed by atoms with Crippen molar-refractivity contribution in [2.45, 2.75) is 25.7 Å². The molecule has 1 N–H and O–H groups in total. The Kier molecular flexibility index (Phi) is 5.21. The van der Waals surface area contributed by atoms with Crippen LogP contribution >= 0.6 is 0 Å². The fraction of sp³-hybridized carbons (Fsp3) is 0.294. The summed E-state index contributed by atoms with van der Waals surface area (Å²) in [4.78, 5) is 0.262. The van der Waals surface area contributed by atoms with Crippen molar-refractivity contribution >= 4 is 10.0 Å². The molecule has 0 aromatic heterocycles. The minimum atomic E-state index is -3.47. The zero-order valence-corrected chi connectivity index (χ0v) is 13.9. The molecule has 0 amide bonds. The van der Waals surface area contributed by atoms with E-state index in [9.17, 15) is 8.42 Å². The van der Waals surface area contributed by atoms with Gasteiger partial charge in [0.2, 0.25) is 10.0 Å². The van der Waals surface area contributed by atoms with Crippen molar-refractivity contribution in [2.24, 2.45) is 0 Å². The van der Waals surface area contributed by atoms with Crippen molar-refractivity contribution in [1.29, 1.82) is 0 Å². The molecule has 0 bridgehead atoms. The van der Waals surface area contributed by atoms with Gasteiger partial charge >= 0.3 is 0 Å². The van der Waals surface area contributed by atoms with Gasteiger partial charge in [-0.3, -0.25) is 0 Å². The minimum absolute atomic E-state index is 0.226. The molecule has 0 aliphatic rings. The second-order valence-electron chi connectivity index (χ2n) is 5.21. The summed E-state index contributed by atoms with van der Waals surface area (Å²) in [7, 11) is -3.47. The standard InChI is InChI=1S/C17H21NO3S/c1-13-9-10-14(2)17(15(13)3)21-12-11-18-22(19,20)16-7-5-4-6-8-16/h4-10,18H,11-12H2,1-3H3. The van der Waals surface area contributed by atoms with Crippen molar-refractivity contribution in [3.63, 3.8) is 0 Å². The summed E-state index contributed by atoms with van der Waals surface area (Å²) >= 11 is 0. The molecular weight excluding hydrogens is 298 g/mol. The van der Waals surface area contributed by atoms with Gasteiger partial charge in [-0.05, 0) is 49.6 Å². The summed E-state index contributed by atoms with van der Waals surface area (Å²) in [6, 6.07) is 12.4. The second kappa shape index (κ2) is 6.94. The highest BCUT2D eigenvalue weighted by Gasteiger charge is 2.12. The maximum absolute atomic E-state index is 12.1. The lowest BCUT2D eigenvalue weighted by atomic mass is 10.1. The summed E-state index contributed by atoms with van der Waals surface area (Å²) in [5, 5.41) is 0. The molecule has 118 valence electrons. The van der Waals surface area contributed by atoms with E-state index >= 15 is 0 Å². The molecule has 0 aliphatic carbocycles. The van der Waals surface area contributed by atoms with E-state index in [2.05, 4.69) is 10.8 Å². The molecule has 0 spiro atoms. The minimum Gasteiger partial charge on any atom is -0.492 e. The van der Waals surface area contributed by atoms with E-state index in [0.29, 0.717) is 0 Å². The Labute approximate surface area is 132 Å². The summed E-state index contributed by atoms with van der Waals surface area (Å²) in [6.45, 7) is 6.53. The third-order valence-electron chi connectivity index (χ3n) is 3.57. The summed E-state index contributed by atoms with van der Waals surface area (Å²) < 4.78 is 32.4. The lowest BCUT2D eigenvalue weighted by Crippen LogP contribution is -2.28. The highest BCUT2D eigenvalue weighted by Crippen LogP contribution is 2.25. The quantitative estimate of drug-likeness (QED) is 0.833. The zero-order chi connectivity index (χ0) is 16.2. The molecule has 0 saturated heterocycles.